The van der Waals surface area contributed by atoms with E-state index in [-0.39, 0.29) is 36.7 Å². The van der Waals surface area contributed by atoms with Gasteiger partial charge >= 0.3 is 0 Å². The zero-order chi connectivity index (χ0) is 22.8. The maximum atomic E-state index is 12.8. The molecule has 9 nitrogen and oxygen atoms in total. The van der Waals surface area contributed by atoms with Gasteiger partial charge in [0.15, 0.2) is 5.82 Å². The predicted molar refractivity (Wildman–Crippen MR) is 117 cm³/mol. The zero-order valence-electron chi connectivity index (χ0n) is 18.6. The number of likely N-dealkylation sites (tertiary alicyclic amines) is 1. The van der Waals surface area contributed by atoms with Crippen molar-refractivity contribution in [3.63, 3.8) is 0 Å². The van der Waals surface area contributed by atoms with E-state index in [4.69, 9.17) is 9.72 Å². The highest BCUT2D eigenvalue weighted by atomic mass is 16.5. The lowest BCUT2D eigenvalue weighted by Crippen LogP contribution is -2.39. The minimum Gasteiger partial charge on any atom is -0.497 e. The number of aryl methyl sites for hydroxylation is 1. The maximum absolute atomic E-state index is 12.8. The van der Waals surface area contributed by atoms with Crippen LogP contribution in [0.25, 0.3) is 0 Å². The highest BCUT2D eigenvalue weighted by Gasteiger charge is 2.36. The van der Waals surface area contributed by atoms with Gasteiger partial charge in [-0.1, -0.05) is 12.1 Å². The number of hydrogen-bond donors (Lipinski definition) is 1. The molecule has 3 amide bonds. The Hall–Kier alpha value is -3.49. The average molecular weight is 438 g/mol. The molecule has 0 unspecified atom stereocenters. The fraction of sp³-hybridized carbons (Fsp3) is 0.435. The first kappa shape index (κ1) is 21.7. The second kappa shape index (κ2) is 8.94. The van der Waals surface area contributed by atoms with Gasteiger partial charge < -0.3 is 15.0 Å². The molecule has 168 valence electrons. The van der Waals surface area contributed by atoms with Crippen molar-refractivity contribution in [1.82, 2.24) is 20.2 Å². The summed E-state index contributed by atoms with van der Waals surface area (Å²) in [6, 6.07) is 7.32. The molecule has 2 aromatic rings. The van der Waals surface area contributed by atoms with Crippen LogP contribution in [0.5, 0.6) is 5.75 Å². The standard InChI is InChI=1S/C23H27N5O4/c1-14-18-11-20(30)28(13-16-6-8-17(32-3)9-7-16)23(18)26-22(25-14)19-5-4-10-27(19)21(31)12-24-15(2)29/h6-9,19H,4-5,10-13H2,1-3H3,(H,24,29)/t19-/m0/s1. The summed E-state index contributed by atoms with van der Waals surface area (Å²) in [6.45, 7) is 4.22. The molecule has 1 aromatic carbocycles. The van der Waals surface area contributed by atoms with Gasteiger partial charge in [-0.05, 0) is 37.5 Å². The molecule has 32 heavy (non-hydrogen) atoms. The number of ether oxygens (including phenoxy) is 1. The Morgan fingerprint density at radius 3 is 2.66 bits per heavy atom. The van der Waals surface area contributed by atoms with Crippen LogP contribution in [0, 0.1) is 6.92 Å². The molecule has 4 rings (SSSR count). The minimum atomic E-state index is -0.265. The third-order valence-electron chi connectivity index (χ3n) is 5.95. The Bertz CT molecular complexity index is 1050. The Morgan fingerprint density at radius 2 is 1.97 bits per heavy atom. The Morgan fingerprint density at radius 1 is 1.22 bits per heavy atom. The summed E-state index contributed by atoms with van der Waals surface area (Å²) in [7, 11) is 1.61. The Kier molecular flexibility index (Phi) is 6.07. The van der Waals surface area contributed by atoms with Gasteiger partial charge in [0.1, 0.15) is 11.6 Å². The number of nitrogens with one attached hydrogen (secondary N) is 1. The maximum Gasteiger partial charge on any atom is 0.242 e. The van der Waals surface area contributed by atoms with E-state index in [1.54, 1.807) is 16.9 Å². The molecule has 9 heteroatoms. The lowest BCUT2D eigenvalue weighted by atomic mass is 10.1. The van der Waals surface area contributed by atoms with Crippen molar-refractivity contribution in [1.29, 1.82) is 0 Å². The number of hydrogen-bond acceptors (Lipinski definition) is 6. The van der Waals surface area contributed by atoms with Crippen LogP contribution < -0.4 is 15.0 Å². The van der Waals surface area contributed by atoms with Gasteiger partial charge in [0.25, 0.3) is 0 Å². The average Bonchev–Trinajstić information content (AvgIpc) is 3.38. The molecule has 1 atom stereocenters. The molecule has 1 saturated heterocycles. The number of anilines is 1. The number of nitrogens with zero attached hydrogens (tertiary/aromatic N) is 4. The molecule has 2 aliphatic rings. The van der Waals surface area contributed by atoms with Crippen LogP contribution in [0.1, 0.15) is 48.5 Å². The highest BCUT2D eigenvalue weighted by molar-refractivity contribution is 6.00. The van der Waals surface area contributed by atoms with Crippen molar-refractivity contribution in [3.05, 3.63) is 46.9 Å². The van der Waals surface area contributed by atoms with E-state index < -0.39 is 0 Å². The SMILES string of the molecule is COc1ccc(CN2C(=O)Cc3c(C)nc([C@@H]4CCCN4C(=O)CNC(C)=O)nc32)cc1. The van der Waals surface area contributed by atoms with Gasteiger partial charge in [-0.25, -0.2) is 9.97 Å². The van der Waals surface area contributed by atoms with Gasteiger partial charge in [0, 0.05) is 24.7 Å². The number of fused-ring (bicyclic) bond motifs is 1. The third-order valence-corrected chi connectivity index (χ3v) is 5.95. The number of carbonyl (C=O) groups excluding carboxylic acids is 3. The number of amides is 3. The fourth-order valence-electron chi connectivity index (χ4n) is 4.26. The summed E-state index contributed by atoms with van der Waals surface area (Å²) < 4.78 is 5.21. The predicted octanol–water partition coefficient (Wildman–Crippen LogP) is 1.68. The van der Waals surface area contributed by atoms with Crippen molar-refractivity contribution in [2.24, 2.45) is 0 Å². The topological polar surface area (TPSA) is 105 Å². The highest BCUT2D eigenvalue weighted by Crippen LogP contribution is 2.35. The molecule has 0 spiro atoms. The number of methoxy groups -OCH3 is 1. The van der Waals surface area contributed by atoms with Crippen LogP contribution in [0.15, 0.2) is 24.3 Å². The van der Waals surface area contributed by atoms with E-state index in [0.717, 1.165) is 35.4 Å². The van der Waals surface area contributed by atoms with Crippen LogP contribution in [-0.2, 0) is 27.3 Å². The first-order valence-corrected chi connectivity index (χ1v) is 10.7. The van der Waals surface area contributed by atoms with E-state index in [0.29, 0.717) is 24.7 Å². The van der Waals surface area contributed by atoms with E-state index in [1.807, 2.05) is 31.2 Å². The van der Waals surface area contributed by atoms with Crippen LogP contribution in [0.3, 0.4) is 0 Å². The first-order chi connectivity index (χ1) is 15.4. The van der Waals surface area contributed by atoms with Crippen molar-refractivity contribution in [3.8, 4) is 5.75 Å². The molecule has 1 fully saturated rings. The van der Waals surface area contributed by atoms with Crippen molar-refractivity contribution >= 4 is 23.5 Å². The van der Waals surface area contributed by atoms with Crippen molar-refractivity contribution in [2.45, 2.75) is 45.7 Å². The largest absolute Gasteiger partial charge is 0.497 e. The lowest BCUT2D eigenvalue weighted by Gasteiger charge is -2.25. The van der Waals surface area contributed by atoms with Gasteiger partial charge in [-0.15, -0.1) is 0 Å². The molecule has 3 heterocycles. The lowest BCUT2D eigenvalue weighted by molar-refractivity contribution is -0.133. The molecule has 1 aromatic heterocycles. The molecule has 0 saturated carbocycles. The number of carbonyl (C=O) groups is 3. The quantitative estimate of drug-likeness (QED) is 0.737. The van der Waals surface area contributed by atoms with E-state index in [1.165, 1.54) is 6.92 Å². The van der Waals surface area contributed by atoms with Crippen LogP contribution in [0.2, 0.25) is 0 Å². The third kappa shape index (κ3) is 4.28. The number of aromatic nitrogens is 2. The Labute approximate surface area is 186 Å². The van der Waals surface area contributed by atoms with E-state index in [2.05, 4.69) is 10.3 Å². The Balaban J connectivity index is 1.60. The van der Waals surface area contributed by atoms with Gasteiger partial charge in [0.05, 0.1) is 32.7 Å². The summed E-state index contributed by atoms with van der Waals surface area (Å²) >= 11 is 0. The second-order valence-electron chi connectivity index (χ2n) is 8.13. The number of benzene rings is 1. The first-order valence-electron chi connectivity index (χ1n) is 10.7. The van der Waals surface area contributed by atoms with Gasteiger partial charge in [-0.2, -0.15) is 0 Å². The summed E-state index contributed by atoms with van der Waals surface area (Å²) in [5.41, 5.74) is 2.57. The summed E-state index contributed by atoms with van der Waals surface area (Å²) in [4.78, 5) is 49.5. The summed E-state index contributed by atoms with van der Waals surface area (Å²) in [5, 5.41) is 2.56. The summed E-state index contributed by atoms with van der Waals surface area (Å²) in [6.07, 6.45) is 1.86. The van der Waals surface area contributed by atoms with Crippen molar-refractivity contribution in [2.75, 3.05) is 25.1 Å². The normalized spacial score (nSPS) is 17.5. The van der Waals surface area contributed by atoms with Crippen molar-refractivity contribution < 1.29 is 19.1 Å². The molecular formula is C23H27N5O4. The smallest absolute Gasteiger partial charge is 0.242 e. The van der Waals surface area contributed by atoms with E-state index in [9.17, 15) is 14.4 Å². The zero-order valence-corrected chi connectivity index (χ0v) is 18.6. The molecular weight excluding hydrogens is 410 g/mol. The van der Waals surface area contributed by atoms with Crippen LogP contribution in [-0.4, -0.2) is 52.8 Å². The summed E-state index contributed by atoms with van der Waals surface area (Å²) in [5.74, 6) is 1.50. The minimum absolute atomic E-state index is 0.0182. The fourth-order valence-corrected chi connectivity index (χ4v) is 4.26. The van der Waals surface area contributed by atoms with Gasteiger partial charge in [-0.3, -0.25) is 19.3 Å². The monoisotopic (exact) mass is 437 g/mol. The number of rotatable bonds is 6. The molecule has 1 N–H and O–H groups in total. The second-order valence-corrected chi connectivity index (χ2v) is 8.13. The van der Waals surface area contributed by atoms with Gasteiger partial charge in [0.2, 0.25) is 17.7 Å². The van der Waals surface area contributed by atoms with Crippen LogP contribution in [0.4, 0.5) is 5.82 Å². The molecule has 0 bridgehead atoms. The van der Waals surface area contributed by atoms with E-state index >= 15 is 0 Å². The molecule has 0 radical (unpaired) electrons. The molecule has 2 aliphatic heterocycles. The molecule has 0 aliphatic carbocycles. The van der Waals surface area contributed by atoms with Crippen LogP contribution >= 0.6 is 0 Å².